The van der Waals surface area contributed by atoms with E-state index in [-0.39, 0.29) is 35.2 Å². The third-order valence-electron chi connectivity index (χ3n) is 4.46. The number of sulfonamides is 1. The van der Waals surface area contributed by atoms with E-state index in [9.17, 15) is 17.6 Å². The average molecular weight is 412 g/mol. The minimum absolute atomic E-state index is 0.0512. The number of carbonyl (C=O) groups excluding carboxylic acids is 1. The van der Waals surface area contributed by atoms with Crippen molar-refractivity contribution in [2.24, 2.45) is 0 Å². The van der Waals surface area contributed by atoms with Gasteiger partial charge in [0, 0.05) is 11.3 Å². The highest BCUT2D eigenvalue weighted by Gasteiger charge is 2.31. The fraction of sp³-hybridized carbons (Fsp3) is 0.0952. The molecule has 3 aromatic rings. The van der Waals surface area contributed by atoms with Crippen LogP contribution in [0.5, 0.6) is 5.75 Å². The van der Waals surface area contributed by atoms with Gasteiger partial charge in [-0.05, 0) is 48.5 Å². The van der Waals surface area contributed by atoms with Gasteiger partial charge < -0.3 is 10.1 Å². The molecule has 1 aliphatic heterocycles. The molecule has 3 aromatic carbocycles. The van der Waals surface area contributed by atoms with Gasteiger partial charge in [-0.1, -0.05) is 24.3 Å². The predicted molar refractivity (Wildman–Crippen MR) is 107 cm³/mol. The molecule has 0 aromatic heterocycles. The van der Waals surface area contributed by atoms with Gasteiger partial charge in [-0.25, -0.2) is 12.8 Å². The molecular weight excluding hydrogens is 395 g/mol. The van der Waals surface area contributed by atoms with E-state index in [1.54, 1.807) is 36.4 Å². The van der Waals surface area contributed by atoms with Crippen LogP contribution < -0.4 is 14.4 Å². The Morgan fingerprint density at radius 1 is 1.00 bits per heavy atom. The molecule has 0 aliphatic carbocycles. The van der Waals surface area contributed by atoms with E-state index in [4.69, 9.17) is 4.74 Å². The smallest absolute Gasteiger partial charge is 0.264 e. The van der Waals surface area contributed by atoms with Crippen LogP contribution in [0.25, 0.3) is 0 Å². The largest absolute Gasteiger partial charge is 0.489 e. The lowest BCUT2D eigenvalue weighted by atomic mass is 10.1. The summed E-state index contributed by atoms with van der Waals surface area (Å²) in [5, 5.41) is 2.76. The summed E-state index contributed by atoms with van der Waals surface area (Å²) in [4.78, 5) is 12.4. The number of halogens is 1. The van der Waals surface area contributed by atoms with Crippen LogP contribution in [0.1, 0.15) is 10.4 Å². The second-order valence-corrected chi connectivity index (χ2v) is 8.25. The first kappa shape index (κ1) is 18.9. The van der Waals surface area contributed by atoms with Crippen molar-refractivity contribution in [3.63, 3.8) is 0 Å². The van der Waals surface area contributed by atoms with Crippen LogP contribution in [0.4, 0.5) is 15.8 Å². The molecule has 0 saturated carbocycles. The second kappa shape index (κ2) is 7.56. The van der Waals surface area contributed by atoms with Crippen molar-refractivity contribution >= 4 is 27.3 Å². The van der Waals surface area contributed by atoms with Gasteiger partial charge in [-0.15, -0.1) is 0 Å². The standard InChI is InChI=1S/C21H17FN2O4S/c22-16-5-4-8-18(14-16)29(26,27)24-11-12-28-20-10-9-15(13-19(20)24)21(25)23-17-6-2-1-3-7-17/h1-10,13-14H,11-12H2,(H,23,25). The van der Waals surface area contributed by atoms with E-state index < -0.39 is 15.8 Å². The molecule has 0 fully saturated rings. The number of carbonyl (C=O) groups is 1. The van der Waals surface area contributed by atoms with Gasteiger partial charge in [0.15, 0.2) is 0 Å². The maximum Gasteiger partial charge on any atom is 0.264 e. The Kier molecular flexibility index (Phi) is 4.94. The molecule has 0 radical (unpaired) electrons. The number of benzene rings is 3. The van der Waals surface area contributed by atoms with Crippen LogP contribution in [-0.4, -0.2) is 27.5 Å². The summed E-state index contributed by atoms with van der Waals surface area (Å²) >= 11 is 0. The average Bonchev–Trinajstić information content (AvgIpc) is 2.73. The summed E-state index contributed by atoms with van der Waals surface area (Å²) in [6.07, 6.45) is 0. The summed E-state index contributed by atoms with van der Waals surface area (Å²) in [5.74, 6) is -0.685. The molecule has 1 heterocycles. The number of hydrogen-bond acceptors (Lipinski definition) is 4. The van der Waals surface area contributed by atoms with Crippen LogP contribution in [0, 0.1) is 5.82 Å². The fourth-order valence-corrected chi connectivity index (χ4v) is 4.55. The minimum atomic E-state index is -4.02. The lowest BCUT2D eigenvalue weighted by Crippen LogP contribution is -2.38. The summed E-state index contributed by atoms with van der Waals surface area (Å²) in [6.45, 7) is 0.201. The molecule has 148 valence electrons. The van der Waals surface area contributed by atoms with Crippen molar-refractivity contribution in [3.8, 4) is 5.75 Å². The Morgan fingerprint density at radius 3 is 2.55 bits per heavy atom. The lowest BCUT2D eigenvalue weighted by Gasteiger charge is -2.30. The van der Waals surface area contributed by atoms with Crippen molar-refractivity contribution in [2.75, 3.05) is 22.8 Å². The SMILES string of the molecule is O=C(Nc1ccccc1)c1ccc2c(c1)N(S(=O)(=O)c1cccc(F)c1)CCO2. The highest BCUT2D eigenvalue weighted by Crippen LogP contribution is 2.36. The normalized spacial score (nSPS) is 13.3. The molecule has 0 saturated heterocycles. The number of rotatable bonds is 4. The number of nitrogens with zero attached hydrogens (tertiary/aromatic N) is 1. The number of hydrogen-bond donors (Lipinski definition) is 1. The van der Waals surface area contributed by atoms with Crippen molar-refractivity contribution in [2.45, 2.75) is 4.90 Å². The zero-order valence-electron chi connectivity index (χ0n) is 15.2. The number of para-hydroxylation sites is 1. The Hall–Kier alpha value is -3.39. The number of fused-ring (bicyclic) bond motifs is 1. The van der Waals surface area contributed by atoms with Gasteiger partial charge in [0.2, 0.25) is 0 Å². The molecular formula is C21H17FN2O4S. The summed E-state index contributed by atoms with van der Waals surface area (Å²) in [6, 6.07) is 18.3. The molecule has 1 amide bonds. The van der Waals surface area contributed by atoms with E-state index in [0.717, 1.165) is 10.4 Å². The predicted octanol–water partition coefficient (Wildman–Crippen LogP) is 3.67. The lowest BCUT2D eigenvalue weighted by molar-refractivity contribution is 0.102. The molecule has 6 nitrogen and oxygen atoms in total. The number of amides is 1. The Morgan fingerprint density at radius 2 is 1.79 bits per heavy atom. The molecule has 8 heteroatoms. The van der Waals surface area contributed by atoms with E-state index in [1.807, 2.05) is 6.07 Å². The third-order valence-corrected chi connectivity index (χ3v) is 6.27. The maximum absolute atomic E-state index is 13.6. The zero-order chi connectivity index (χ0) is 20.4. The monoisotopic (exact) mass is 412 g/mol. The molecule has 1 aliphatic rings. The summed E-state index contributed by atoms with van der Waals surface area (Å²) < 4.78 is 46.4. The Labute approximate surface area is 167 Å². The first-order chi connectivity index (χ1) is 13.9. The molecule has 0 spiro atoms. The molecule has 1 N–H and O–H groups in total. The second-order valence-electron chi connectivity index (χ2n) is 6.39. The van der Waals surface area contributed by atoms with Gasteiger partial charge in [-0.2, -0.15) is 0 Å². The number of anilines is 2. The maximum atomic E-state index is 13.6. The van der Waals surface area contributed by atoms with Crippen LogP contribution >= 0.6 is 0 Å². The van der Waals surface area contributed by atoms with E-state index in [1.165, 1.54) is 24.3 Å². The van der Waals surface area contributed by atoms with Crippen molar-refractivity contribution in [1.29, 1.82) is 0 Å². The van der Waals surface area contributed by atoms with Gasteiger partial charge >= 0.3 is 0 Å². The topological polar surface area (TPSA) is 75.7 Å². The Bertz CT molecular complexity index is 1170. The van der Waals surface area contributed by atoms with Crippen molar-refractivity contribution in [1.82, 2.24) is 0 Å². The van der Waals surface area contributed by atoms with Crippen LogP contribution in [0.15, 0.2) is 77.7 Å². The highest BCUT2D eigenvalue weighted by atomic mass is 32.2. The summed E-state index contributed by atoms with van der Waals surface area (Å²) in [7, 11) is -4.02. The van der Waals surface area contributed by atoms with Crippen LogP contribution in [0.2, 0.25) is 0 Å². The quantitative estimate of drug-likeness (QED) is 0.710. The molecule has 4 rings (SSSR count). The summed E-state index contributed by atoms with van der Waals surface area (Å²) in [5.41, 5.74) is 1.13. The van der Waals surface area contributed by atoms with Gasteiger partial charge in [0.1, 0.15) is 18.2 Å². The minimum Gasteiger partial charge on any atom is -0.489 e. The zero-order valence-corrected chi connectivity index (χ0v) is 16.0. The van der Waals surface area contributed by atoms with Gasteiger partial charge in [0.25, 0.3) is 15.9 Å². The van der Waals surface area contributed by atoms with Crippen LogP contribution in [0.3, 0.4) is 0 Å². The van der Waals surface area contributed by atoms with E-state index in [0.29, 0.717) is 11.4 Å². The fourth-order valence-electron chi connectivity index (χ4n) is 3.06. The van der Waals surface area contributed by atoms with Crippen molar-refractivity contribution < 1.29 is 22.3 Å². The van der Waals surface area contributed by atoms with Gasteiger partial charge in [0.05, 0.1) is 17.1 Å². The van der Waals surface area contributed by atoms with Gasteiger partial charge in [-0.3, -0.25) is 9.10 Å². The molecule has 0 atom stereocenters. The molecule has 0 unspecified atom stereocenters. The van der Waals surface area contributed by atoms with Crippen LogP contribution in [-0.2, 0) is 10.0 Å². The molecule has 29 heavy (non-hydrogen) atoms. The highest BCUT2D eigenvalue weighted by molar-refractivity contribution is 7.92. The Balaban J connectivity index is 1.69. The number of nitrogens with one attached hydrogen (secondary N) is 1. The first-order valence-corrected chi connectivity index (χ1v) is 10.3. The third kappa shape index (κ3) is 3.79. The number of ether oxygens (including phenoxy) is 1. The van der Waals surface area contributed by atoms with E-state index >= 15 is 0 Å². The molecule has 0 bridgehead atoms. The van der Waals surface area contributed by atoms with Crippen molar-refractivity contribution in [3.05, 3.63) is 84.2 Å². The van der Waals surface area contributed by atoms with E-state index in [2.05, 4.69) is 5.32 Å². The first-order valence-electron chi connectivity index (χ1n) is 8.87.